The second kappa shape index (κ2) is 9.25. The third-order valence-electron chi connectivity index (χ3n) is 4.22. The van der Waals surface area contributed by atoms with Gasteiger partial charge in [0.05, 0.1) is 12.8 Å². The first-order chi connectivity index (χ1) is 14.0. The second-order valence-corrected chi connectivity index (χ2v) is 8.06. The van der Waals surface area contributed by atoms with Crippen molar-refractivity contribution in [3.63, 3.8) is 0 Å². The molecule has 1 aliphatic heterocycles. The van der Waals surface area contributed by atoms with Crippen LogP contribution >= 0.6 is 12.2 Å². The van der Waals surface area contributed by atoms with E-state index >= 15 is 0 Å². The summed E-state index contributed by atoms with van der Waals surface area (Å²) in [6.45, 7) is 8.60. The number of carbonyl (C=O) groups is 2. The Morgan fingerprint density at radius 2 is 2.13 bits per heavy atom. The maximum atomic E-state index is 14.0. The molecule has 9 heteroatoms. The normalized spacial score (nSPS) is 16.9. The van der Waals surface area contributed by atoms with Crippen LogP contribution in [0.4, 0.5) is 14.9 Å². The van der Waals surface area contributed by atoms with Crippen LogP contribution in [0.1, 0.15) is 27.2 Å². The van der Waals surface area contributed by atoms with Crippen LogP contribution in [-0.4, -0.2) is 46.3 Å². The summed E-state index contributed by atoms with van der Waals surface area (Å²) in [4.78, 5) is 26.3. The molecule has 0 bridgehead atoms. The smallest absolute Gasteiger partial charge is 0.417 e. The number of nitrogens with zero attached hydrogens (tertiary/aromatic N) is 1. The lowest BCUT2D eigenvalue weighted by molar-refractivity contribution is -0.127. The van der Waals surface area contributed by atoms with Gasteiger partial charge in [0.2, 0.25) is 0 Å². The molecule has 2 amide bonds. The highest BCUT2D eigenvalue weighted by atomic mass is 32.1. The average Bonchev–Trinajstić information content (AvgIpc) is 2.63. The number of aliphatic hydroxyl groups excluding tert-OH is 1. The number of aliphatic hydroxyl groups is 1. The number of nitrogens with one attached hydrogen (secondary N) is 1. The Hall–Kier alpha value is -2.94. The van der Waals surface area contributed by atoms with E-state index in [0.29, 0.717) is 6.42 Å². The minimum absolute atomic E-state index is 0.0823. The number of rotatable bonds is 5. The van der Waals surface area contributed by atoms with Crippen molar-refractivity contribution < 1.29 is 28.6 Å². The number of methoxy groups -OCH3 is 1. The van der Waals surface area contributed by atoms with E-state index < -0.39 is 29.3 Å². The Bertz CT molecular complexity index is 907. The number of thiocarbonyl (C=S) groups is 1. The Kier molecular flexibility index (Phi) is 7.20. The van der Waals surface area contributed by atoms with Gasteiger partial charge in [0.25, 0.3) is 5.91 Å². The van der Waals surface area contributed by atoms with E-state index in [-0.39, 0.29) is 34.3 Å². The van der Waals surface area contributed by atoms with E-state index in [1.807, 2.05) is 0 Å². The van der Waals surface area contributed by atoms with Crippen molar-refractivity contribution in [1.29, 1.82) is 0 Å². The molecule has 1 unspecified atom stereocenters. The number of hydrogen-bond donors (Lipinski definition) is 2. The van der Waals surface area contributed by atoms with Gasteiger partial charge in [-0.1, -0.05) is 24.4 Å². The molecule has 0 fully saturated rings. The summed E-state index contributed by atoms with van der Waals surface area (Å²) in [5.41, 5.74) is -0.909. The highest BCUT2D eigenvalue weighted by Crippen LogP contribution is 2.31. The summed E-state index contributed by atoms with van der Waals surface area (Å²) in [5, 5.41) is 13.4. The fraction of sp³-hybridized carbons (Fsp3) is 0.381. The van der Waals surface area contributed by atoms with Crippen molar-refractivity contribution in [1.82, 2.24) is 4.90 Å². The molecule has 1 heterocycles. The monoisotopic (exact) mass is 436 g/mol. The molecule has 0 radical (unpaired) electrons. The number of hydrogen-bond acceptors (Lipinski definition) is 6. The first-order valence-electron chi connectivity index (χ1n) is 9.22. The van der Waals surface area contributed by atoms with Gasteiger partial charge in [-0.15, -0.1) is 6.58 Å². The maximum absolute atomic E-state index is 14.0. The van der Waals surface area contributed by atoms with Crippen molar-refractivity contribution in [3.05, 3.63) is 48.0 Å². The number of imide groups is 1. The number of ether oxygens (including phenoxy) is 2. The van der Waals surface area contributed by atoms with Crippen LogP contribution in [-0.2, 0) is 9.53 Å². The van der Waals surface area contributed by atoms with E-state index in [2.05, 4.69) is 11.9 Å². The van der Waals surface area contributed by atoms with Crippen molar-refractivity contribution in [2.45, 2.75) is 32.8 Å². The second-order valence-electron chi connectivity index (χ2n) is 7.65. The zero-order chi connectivity index (χ0) is 22.6. The van der Waals surface area contributed by atoms with E-state index in [0.717, 1.165) is 4.90 Å². The van der Waals surface area contributed by atoms with Gasteiger partial charge < -0.3 is 19.9 Å². The number of allylic oxidation sites excluding steroid dienone is 1. The number of halogens is 1. The largest absolute Gasteiger partial charge is 0.511 e. The first-order valence-corrected chi connectivity index (χ1v) is 9.63. The molecule has 1 atom stereocenters. The average molecular weight is 437 g/mol. The summed E-state index contributed by atoms with van der Waals surface area (Å²) in [7, 11) is 1.29. The first kappa shape index (κ1) is 23.3. The van der Waals surface area contributed by atoms with Crippen LogP contribution < -0.4 is 10.1 Å². The predicted molar refractivity (Wildman–Crippen MR) is 115 cm³/mol. The molecule has 0 aromatic heterocycles. The zero-order valence-electron chi connectivity index (χ0n) is 17.3. The molecule has 2 rings (SSSR count). The summed E-state index contributed by atoms with van der Waals surface area (Å²) in [6, 6.07) is 4.15. The predicted octanol–water partition coefficient (Wildman–Crippen LogP) is 4.36. The summed E-state index contributed by atoms with van der Waals surface area (Å²) >= 11 is 5.31. The van der Waals surface area contributed by atoms with Gasteiger partial charge in [-0.05, 0) is 39.3 Å². The molecule has 162 valence electrons. The highest BCUT2D eigenvalue weighted by molar-refractivity contribution is 7.81. The molecular formula is C21H25FN2O5S. The van der Waals surface area contributed by atoms with E-state index in [1.165, 1.54) is 25.3 Å². The van der Waals surface area contributed by atoms with Crippen LogP contribution in [0.15, 0.2) is 42.2 Å². The van der Waals surface area contributed by atoms with Crippen molar-refractivity contribution in [3.8, 4) is 5.75 Å². The van der Waals surface area contributed by atoms with Crippen LogP contribution in [0.2, 0.25) is 0 Å². The molecule has 0 aliphatic carbocycles. The van der Waals surface area contributed by atoms with Gasteiger partial charge in [0.1, 0.15) is 21.9 Å². The number of carbonyl (C=O) groups excluding carboxylic acids is 2. The summed E-state index contributed by atoms with van der Waals surface area (Å²) < 4.78 is 24.3. The topological polar surface area (TPSA) is 88.1 Å². The van der Waals surface area contributed by atoms with Crippen LogP contribution in [0, 0.1) is 11.7 Å². The van der Waals surface area contributed by atoms with Crippen molar-refractivity contribution >= 4 is 34.9 Å². The number of amides is 2. The number of anilines is 1. The molecule has 1 aromatic rings. The molecular weight excluding hydrogens is 411 g/mol. The van der Waals surface area contributed by atoms with Gasteiger partial charge in [0, 0.05) is 12.5 Å². The molecule has 1 aromatic carbocycles. The Balaban J connectivity index is 2.41. The van der Waals surface area contributed by atoms with Crippen molar-refractivity contribution in [2.75, 3.05) is 19.0 Å². The lowest BCUT2D eigenvalue weighted by atomic mass is 9.93. The summed E-state index contributed by atoms with van der Waals surface area (Å²) in [5.74, 6) is -2.41. The van der Waals surface area contributed by atoms with Crippen LogP contribution in [0.5, 0.6) is 5.75 Å². The van der Waals surface area contributed by atoms with E-state index in [4.69, 9.17) is 21.7 Å². The lowest BCUT2D eigenvalue weighted by Crippen LogP contribution is -2.49. The Labute approximate surface area is 180 Å². The minimum Gasteiger partial charge on any atom is -0.511 e. The third kappa shape index (κ3) is 5.15. The molecule has 0 spiro atoms. The Morgan fingerprint density at radius 3 is 2.70 bits per heavy atom. The molecule has 30 heavy (non-hydrogen) atoms. The van der Waals surface area contributed by atoms with Gasteiger partial charge in [0.15, 0.2) is 11.6 Å². The standard InChI is InChI=1S/C21H25FN2O5S/c1-6-8-12-11-24(20(27)29-21(2,3)4)19(26)15(16(12)25)18(30)23-14-10-7-9-13(22)17(14)28-5/h6-7,9-10,12,25H,1,8,11H2,2-5H3,(H,23,30). The highest BCUT2D eigenvalue weighted by Gasteiger charge is 2.40. The number of benzene rings is 1. The molecule has 7 nitrogen and oxygen atoms in total. The fourth-order valence-electron chi connectivity index (χ4n) is 2.91. The molecule has 0 saturated heterocycles. The quantitative estimate of drug-likeness (QED) is 0.524. The van der Waals surface area contributed by atoms with Gasteiger partial charge in [-0.2, -0.15) is 0 Å². The SMILES string of the molecule is C=CCC1CN(C(=O)OC(C)(C)C)C(=O)C(C(=S)Nc2cccc(F)c2OC)=C1O. The lowest BCUT2D eigenvalue weighted by Gasteiger charge is -2.33. The molecule has 0 saturated carbocycles. The molecule has 2 N–H and O–H groups in total. The third-order valence-corrected chi connectivity index (χ3v) is 4.52. The van der Waals surface area contributed by atoms with Crippen LogP contribution in [0.3, 0.4) is 0 Å². The van der Waals surface area contributed by atoms with E-state index in [1.54, 1.807) is 26.8 Å². The number of para-hydroxylation sites is 1. The van der Waals surface area contributed by atoms with Crippen LogP contribution in [0.25, 0.3) is 0 Å². The van der Waals surface area contributed by atoms with E-state index in [9.17, 15) is 19.1 Å². The maximum Gasteiger partial charge on any atom is 0.417 e. The zero-order valence-corrected chi connectivity index (χ0v) is 18.1. The molecule has 1 aliphatic rings. The minimum atomic E-state index is -0.849. The summed E-state index contributed by atoms with van der Waals surface area (Å²) in [6.07, 6.45) is 1.01. The van der Waals surface area contributed by atoms with Gasteiger partial charge in [-0.25, -0.2) is 14.1 Å². The fourth-order valence-corrected chi connectivity index (χ4v) is 3.22. The van der Waals surface area contributed by atoms with Gasteiger partial charge >= 0.3 is 6.09 Å². The van der Waals surface area contributed by atoms with Gasteiger partial charge in [-0.3, -0.25) is 4.79 Å². The van der Waals surface area contributed by atoms with Crippen molar-refractivity contribution in [2.24, 2.45) is 5.92 Å². The Morgan fingerprint density at radius 1 is 1.47 bits per heavy atom.